The molecular formula is C23H23NO3S. The maximum Gasteiger partial charge on any atom is 0.263 e. The van der Waals surface area contributed by atoms with Crippen molar-refractivity contribution in [1.29, 1.82) is 0 Å². The third kappa shape index (κ3) is 3.14. The fraction of sp³-hybridized carbons (Fsp3) is 0.348. The molecule has 1 aliphatic rings. The van der Waals surface area contributed by atoms with E-state index in [0.717, 1.165) is 24.0 Å². The Labute approximate surface area is 167 Å². The van der Waals surface area contributed by atoms with Gasteiger partial charge in [0.05, 0.1) is 15.8 Å². The molecule has 2 aromatic carbocycles. The largest absolute Gasteiger partial charge is 0.289 e. The molecule has 0 spiro atoms. The SMILES string of the molecule is CCCCCCCCN1C(=O)c2ccc3c(=O)c4ccccc4sc3c2C1=O. The minimum atomic E-state index is -0.259. The number of nitrogens with zero attached hydrogens (tertiary/aromatic N) is 1. The molecule has 0 bridgehead atoms. The Morgan fingerprint density at radius 1 is 0.821 bits per heavy atom. The molecule has 0 aliphatic carbocycles. The molecule has 4 rings (SSSR count). The van der Waals surface area contributed by atoms with E-state index in [2.05, 4.69) is 6.92 Å². The van der Waals surface area contributed by atoms with E-state index in [9.17, 15) is 14.4 Å². The number of carbonyl (C=O) groups excluding carboxylic acids is 2. The first-order valence-electron chi connectivity index (χ1n) is 9.98. The fourth-order valence-corrected chi connectivity index (χ4v) is 5.09. The second kappa shape index (κ2) is 7.84. The average molecular weight is 394 g/mol. The van der Waals surface area contributed by atoms with Crippen LogP contribution in [0.4, 0.5) is 0 Å². The Bertz CT molecular complexity index is 1130. The van der Waals surface area contributed by atoms with Gasteiger partial charge < -0.3 is 0 Å². The van der Waals surface area contributed by atoms with Crippen LogP contribution in [0.15, 0.2) is 41.2 Å². The normalized spacial score (nSPS) is 13.7. The summed E-state index contributed by atoms with van der Waals surface area (Å²) in [5.41, 5.74) is 0.748. The molecule has 5 heteroatoms. The van der Waals surface area contributed by atoms with Crippen LogP contribution in [0.5, 0.6) is 0 Å². The lowest BCUT2D eigenvalue weighted by molar-refractivity contribution is 0.0652. The molecule has 0 unspecified atom stereocenters. The van der Waals surface area contributed by atoms with Gasteiger partial charge in [0, 0.05) is 22.0 Å². The zero-order valence-corrected chi connectivity index (χ0v) is 16.8. The van der Waals surface area contributed by atoms with Gasteiger partial charge in [0.25, 0.3) is 11.8 Å². The quantitative estimate of drug-likeness (QED) is 0.308. The van der Waals surface area contributed by atoms with Gasteiger partial charge in [0.15, 0.2) is 5.43 Å². The second-order valence-electron chi connectivity index (χ2n) is 7.32. The van der Waals surface area contributed by atoms with Crippen molar-refractivity contribution >= 4 is 43.3 Å². The summed E-state index contributed by atoms with van der Waals surface area (Å²) >= 11 is 1.42. The first-order valence-corrected chi connectivity index (χ1v) is 10.8. The van der Waals surface area contributed by atoms with Gasteiger partial charge in [-0.2, -0.15) is 0 Å². The summed E-state index contributed by atoms with van der Waals surface area (Å²) in [5.74, 6) is -0.492. The maximum atomic E-state index is 13.0. The van der Waals surface area contributed by atoms with Crippen LogP contribution in [-0.2, 0) is 0 Å². The molecule has 0 radical (unpaired) electrons. The molecule has 0 atom stereocenters. The Hall–Kier alpha value is -2.53. The highest BCUT2D eigenvalue weighted by Crippen LogP contribution is 2.34. The molecule has 1 aliphatic heterocycles. The van der Waals surface area contributed by atoms with E-state index in [4.69, 9.17) is 0 Å². The van der Waals surface area contributed by atoms with Crippen LogP contribution in [0.1, 0.15) is 66.2 Å². The van der Waals surface area contributed by atoms with E-state index in [-0.39, 0.29) is 17.2 Å². The van der Waals surface area contributed by atoms with Crippen LogP contribution in [0, 0.1) is 0 Å². The molecule has 144 valence electrons. The van der Waals surface area contributed by atoms with E-state index >= 15 is 0 Å². The number of fused-ring (bicyclic) bond motifs is 4. The van der Waals surface area contributed by atoms with Gasteiger partial charge in [0.2, 0.25) is 0 Å². The van der Waals surface area contributed by atoms with Gasteiger partial charge in [-0.3, -0.25) is 19.3 Å². The minimum absolute atomic E-state index is 0.0817. The standard InChI is InChI=1S/C23H23NO3S/c1-2-3-4-5-6-9-14-24-22(26)16-12-13-17-20(25)15-10-7-8-11-18(15)28-21(17)19(16)23(24)27/h7-8,10-13H,2-6,9,14H2,1H3. The lowest BCUT2D eigenvalue weighted by Crippen LogP contribution is -2.30. The summed E-state index contributed by atoms with van der Waals surface area (Å²) in [7, 11) is 0. The van der Waals surface area contributed by atoms with Crippen LogP contribution in [0.25, 0.3) is 20.2 Å². The Morgan fingerprint density at radius 2 is 1.57 bits per heavy atom. The smallest absolute Gasteiger partial charge is 0.263 e. The van der Waals surface area contributed by atoms with Crippen LogP contribution >= 0.6 is 11.3 Å². The number of hydrogen-bond acceptors (Lipinski definition) is 4. The summed E-state index contributed by atoms with van der Waals surface area (Å²) in [6.45, 7) is 2.63. The number of carbonyl (C=O) groups is 2. The Balaban J connectivity index is 1.66. The molecule has 1 aromatic heterocycles. The summed E-state index contributed by atoms with van der Waals surface area (Å²) < 4.78 is 1.47. The van der Waals surface area contributed by atoms with E-state index in [0.29, 0.717) is 33.1 Å². The molecule has 4 nitrogen and oxygen atoms in total. The number of amides is 2. The van der Waals surface area contributed by atoms with Gasteiger partial charge in [-0.15, -0.1) is 11.3 Å². The monoisotopic (exact) mass is 393 g/mol. The van der Waals surface area contributed by atoms with Crippen molar-refractivity contribution in [3.05, 3.63) is 57.7 Å². The highest BCUT2D eigenvalue weighted by molar-refractivity contribution is 7.25. The van der Waals surface area contributed by atoms with Crippen LogP contribution in [-0.4, -0.2) is 23.3 Å². The number of unbranched alkanes of at least 4 members (excludes halogenated alkanes) is 5. The topological polar surface area (TPSA) is 54.5 Å². The minimum Gasteiger partial charge on any atom is -0.289 e. The summed E-state index contributed by atoms with van der Waals surface area (Å²) in [6.07, 6.45) is 6.60. The third-order valence-corrected chi connectivity index (χ3v) is 6.62. The fourth-order valence-electron chi connectivity index (χ4n) is 3.88. The van der Waals surface area contributed by atoms with Crippen LogP contribution < -0.4 is 5.43 Å². The van der Waals surface area contributed by atoms with Gasteiger partial charge >= 0.3 is 0 Å². The zero-order valence-electron chi connectivity index (χ0n) is 16.0. The highest BCUT2D eigenvalue weighted by Gasteiger charge is 2.37. The van der Waals surface area contributed by atoms with Gasteiger partial charge in [0.1, 0.15) is 0 Å². The van der Waals surface area contributed by atoms with Crippen LogP contribution in [0.2, 0.25) is 0 Å². The average Bonchev–Trinajstić information content (AvgIpc) is 2.95. The van der Waals surface area contributed by atoms with Crippen molar-refractivity contribution in [3.63, 3.8) is 0 Å². The predicted molar refractivity (Wildman–Crippen MR) is 114 cm³/mol. The van der Waals surface area contributed by atoms with Gasteiger partial charge in [-0.1, -0.05) is 51.2 Å². The summed E-state index contributed by atoms with van der Waals surface area (Å²) in [6, 6.07) is 10.7. The molecule has 3 aromatic rings. The lowest BCUT2D eigenvalue weighted by atomic mass is 10.1. The lowest BCUT2D eigenvalue weighted by Gasteiger charge is -2.13. The molecule has 0 saturated carbocycles. The van der Waals surface area contributed by atoms with E-state index < -0.39 is 0 Å². The van der Waals surface area contributed by atoms with Gasteiger partial charge in [-0.25, -0.2) is 0 Å². The van der Waals surface area contributed by atoms with Crippen molar-refractivity contribution in [3.8, 4) is 0 Å². The van der Waals surface area contributed by atoms with Crippen molar-refractivity contribution < 1.29 is 9.59 Å². The Morgan fingerprint density at radius 3 is 2.39 bits per heavy atom. The van der Waals surface area contributed by atoms with Gasteiger partial charge in [-0.05, 0) is 30.7 Å². The first-order chi connectivity index (χ1) is 13.6. The Kier molecular flexibility index (Phi) is 5.27. The van der Waals surface area contributed by atoms with E-state index in [1.165, 1.54) is 35.5 Å². The molecule has 0 N–H and O–H groups in total. The van der Waals surface area contributed by atoms with E-state index in [1.807, 2.05) is 18.2 Å². The number of benzene rings is 2. The van der Waals surface area contributed by atoms with E-state index in [1.54, 1.807) is 18.2 Å². The molecule has 2 amide bonds. The van der Waals surface area contributed by atoms with Crippen molar-refractivity contribution in [1.82, 2.24) is 4.90 Å². The molecule has 0 saturated heterocycles. The maximum absolute atomic E-state index is 13.0. The molecule has 0 fully saturated rings. The molecular weight excluding hydrogens is 370 g/mol. The van der Waals surface area contributed by atoms with Crippen molar-refractivity contribution in [2.45, 2.75) is 45.4 Å². The number of rotatable bonds is 7. The predicted octanol–water partition coefficient (Wildman–Crippen LogP) is 5.37. The third-order valence-electron chi connectivity index (χ3n) is 5.42. The summed E-state index contributed by atoms with van der Waals surface area (Å²) in [4.78, 5) is 40.1. The highest BCUT2D eigenvalue weighted by atomic mass is 32.1. The number of hydrogen-bond donors (Lipinski definition) is 0. The second-order valence-corrected chi connectivity index (χ2v) is 8.37. The van der Waals surface area contributed by atoms with Crippen LogP contribution in [0.3, 0.4) is 0 Å². The zero-order chi connectivity index (χ0) is 19.7. The number of imide groups is 1. The first kappa shape index (κ1) is 18.8. The van der Waals surface area contributed by atoms with Crippen molar-refractivity contribution in [2.75, 3.05) is 6.54 Å². The molecule has 2 heterocycles. The summed E-state index contributed by atoms with van der Waals surface area (Å²) in [5, 5.41) is 1.17. The molecule has 28 heavy (non-hydrogen) atoms. The van der Waals surface area contributed by atoms with Crippen molar-refractivity contribution in [2.24, 2.45) is 0 Å².